The van der Waals surface area contributed by atoms with Crippen LogP contribution < -0.4 is 15.4 Å². The molecule has 7 heteroatoms. The van der Waals surface area contributed by atoms with Crippen LogP contribution >= 0.6 is 11.8 Å². The Labute approximate surface area is 167 Å². The van der Waals surface area contributed by atoms with Gasteiger partial charge in [-0.15, -0.1) is 0 Å². The number of pyridine rings is 1. The normalized spacial score (nSPS) is 18.4. The summed E-state index contributed by atoms with van der Waals surface area (Å²) < 4.78 is 5.15. The summed E-state index contributed by atoms with van der Waals surface area (Å²) in [7, 11) is 1.57. The molecule has 6 nitrogen and oxygen atoms in total. The summed E-state index contributed by atoms with van der Waals surface area (Å²) in [5.74, 6) is -0.0000148. The molecule has 1 aromatic carbocycles. The first-order chi connectivity index (χ1) is 13.5. The SMILES string of the molecule is CCCCc1ccc2c(n1)S[C@H]1C(=O)N(c3ccc(OC)cc3)C(=O)C1=C2N. The lowest BCUT2D eigenvalue weighted by atomic mass is 10.1. The van der Waals surface area contributed by atoms with Crippen molar-refractivity contribution in [3.8, 4) is 5.75 Å². The van der Waals surface area contributed by atoms with Gasteiger partial charge in [0.25, 0.3) is 11.8 Å². The molecule has 1 atom stereocenters. The number of ether oxygens (including phenoxy) is 1. The number of rotatable bonds is 5. The molecule has 3 heterocycles. The number of aromatic nitrogens is 1. The van der Waals surface area contributed by atoms with Crippen LogP contribution in [-0.4, -0.2) is 29.2 Å². The number of methoxy groups -OCH3 is 1. The summed E-state index contributed by atoms with van der Waals surface area (Å²) >= 11 is 1.31. The molecule has 144 valence electrons. The zero-order valence-electron chi connectivity index (χ0n) is 15.8. The Morgan fingerprint density at radius 2 is 1.93 bits per heavy atom. The third-order valence-corrected chi connectivity index (χ3v) is 6.19. The summed E-state index contributed by atoms with van der Waals surface area (Å²) in [5.41, 5.74) is 9.24. The Hall–Kier alpha value is -2.80. The maximum absolute atomic E-state index is 13.1. The van der Waals surface area contributed by atoms with Gasteiger partial charge in [0, 0.05) is 11.3 Å². The summed E-state index contributed by atoms with van der Waals surface area (Å²) in [5, 5.41) is 0.0635. The third kappa shape index (κ3) is 2.96. The van der Waals surface area contributed by atoms with Crippen LogP contribution in [-0.2, 0) is 16.0 Å². The average Bonchev–Trinajstić information content (AvgIpc) is 2.96. The van der Waals surface area contributed by atoms with Gasteiger partial charge in [-0.3, -0.25) is 9.59 Å². The monoisotopic (exact) mass is 395 g/mol. The number of hydrogen-bond acceptors (Lipinski definition) is 6. The molecule has 2 aliphatic heterocycles. The number of imide groups is 1. The number of amides is 2. The van der Waals surface area contributed by atoms with Crippen molar-refractivity contribution in [3.05, 3.63) is 53.2 Å². The van der Waals surface area contributed by atoms with E-state index in [9.17, 15) is 9.59 Å². The third-order valence-electron chi connectivity index (χ3n) is 4.99. The number of thioether (sulfide) groups is 1. The van der Waals surface area contributed by atoms with E-state index in [0.29, 0.717) is 22.7 Å². The highest BCUT2D eigenvalue weighted by atomic mass is 32.2. The number of carbonyl (C=O) groups is 2. The lowest BCUT2D eigenvalue weighted by Crippen LogP contribution is -2.31. The second kappa shape index (κ2) is 7.31. The highest BCUT2D eigenvalue weighted by Gasteiger charge is 2.49. The van der Waals surface area contributed by atoms with Gasteiger partial charge >= 0.3 is 0 Å². The molecule has 2 aromatic rings. The van der Waals surface area contributed by atoms with E-state index in [-0.39, 0.29) is 11.8 Å². The van der Waals surface area contributed by atoms with Gasteiger partial charge in [-0.1, -0.05) is 25.1 Å². The molecule has 0 unspecified atom stereocenters. The second-order valence-electron chi connectivity index (χ2n) is 6.76. The molecule has 0 aliphatic carbocycles. The predicted molar refractivity (Wildman–Crippen MR) is 109 cm³/mol. The van der Waals surface area contributed by atoms with Gasteiger partial charge in [-0.2, -0.15) is 0 Å². The maximum atomic E-state index is 13.1. The fraction of sp³-hybridized carbons (Fsp3) is 0.286. The Bertz CT molecular complexity index is 985. The fourth-order valence-electron chi connectivity index (χ4n) is 3.44. The largest absolute Gasteiger partial charge is 0.497 e. The van der Waals surface area contributed by atoms with Crippen molar-refractivity contribution in [1.29, 1.82) is 0 Å². The van der Waals surface area contributed by atoms with E-state index in [4.69, 9.17) is 15.5 Å². The predicted octanol–water partition coefficient (Wildman–Crippen LogP) is 3.15. The summed E-state index contributed by atoms with van der Waals surface area (Å²) in [4.78, 5) is 32.0. The van der Waals surface area contributed by atoms with Crippen LogP contribution in [0.2, 0.25) is 0 Å². The summed E-state index contributed by atoms with van der Waals surface area (Å²) in [6, 6.07) is 10.7. The second-order valence-corrected chi connectivity index (χ2v) is 7.85. The van der Waals surface area contributed by atoms with Crippen LogP contribution in [0.4, 0.5) is 5.69 Å². The van der Waals surface area contributed by atoms with Crippen molar-refractivity contribution in [2.24, 2.45) is 5.73 Å². The number of anilines is 1. The van der Waals surface area contributed by atoms with Crippen molar-refractivity contribution in [2.75, 3.05) is 12.0 Å². The molecule has 4 rings (SSSR count). The molecule has 1 aromatic heterocycles. The van der Waals surface area contributed by atoms with Gasteiger partial charge in [-0.25, -0.2) is 9.88 Å². The zero-order valence-corrected chi connectivity index (χ0v) is 16.6. The minimum Gasteiger partial charge on any atom is -0.497 e. The van der Waals surface area contributed by atoms with Gasteiger partial charge in [0.05, 0.1) is 24.1 Å². The molecule has 2 N–H and O–H groups in total. The van der Waals surface area contributed by atoms with Crippen LogP contribution in [0, 0.1) is 0 Å². The van der Waals surface area contributed by atoms with Gasteiger partial charge in [-0.05, 0) is 49.2 Å². The molecule has 0 radical (unpaired) electrons. The van der Waals surface area contributed by atoms with Crippen LogP contribution in [0.25, 0.3) is 5.70 Å². The highest BCUT2D eigenvalue weighted by Crippen LogP contribution is 2.45. The molecule has 2 amide bonds. The molecular formula is C21H21N3O3S. The van der Waals surface area contributed by atoms with Crippen molar-refractivity contribution in [1.82, 2.24) is 4.98 Å². The van der Waals surface area contributed by atoms with Crippen LogP contribution in [0.5, 0.6) is 5.75 Å². The number of hydrogen-bond donors (Lipinski definition) is 1. The van der Waals surface area contributed by atoms with Crippen LogP contribution in [0.1, 0.15) is 31.0 Å². The average molecular weight is 395 g/mol. The number of nitrogens with zero attached hydrogens (tertiary/aromatic N) is 2. The minimum atomic E-state index is -0.656. The van der Waals surface area contributed by atoms with Gasteiger partial charge in [0.1, 0.15) is 16.0 Å². The smallest absolute Gasteiger partial charge is 0.264 e. The summed E-state index contributed by atoms with van der Waals surface area (Å²) in [6.07, 6.45) is 3.03. The Morgan fingerprint density at radius 3 is 2.61 bits per heavy atom. The fourth-order valence-corrected chi connectivity index (χ4v) is 4.69. The first-order valence-electron chi connectivity index (χ1n) is 9.24. The molecule has 28 heavy (non-hydrogen) atoms. The number of benzene rings is 1. The van der Waals surface area contributed by atoms with Gasteiger partial charge in [0.15, 0.2) is 0 Å². The zero-order chi connectivity index (χ0) is 19.8. The van der Waals surface area contributed by atoms with E-state index in [1.807, 2.05) is 12.1 Å². The van der Waals surface area contributed by atoms with Gasteiger partial charge < -0.3 is 10.5 Å². The van der Waals surface area contributed by atoms with Crippen molar-refractivity contribution in [3.63, 3.8) is 0 Å². The number of fused-ring (bicyclic) bond motifs is 2. The molecule has 2 aliphatic rings. The Kier molecular flexibility index (Phi) is 4.85. The number of carbonyl (C=O) groups excluding carboxylic acids is 2. The molecule has 1 fully saturated rings. The van der Waals surface area contributed by atoms with Crippen LogP contribution in [0.15, 0.2) is 47.0 Å². The lowest BCUT2D eigenvalue weighted by molar-refractivity contribution is -0.120. The highest BCUT2D eigenvalue weighted by molar-refractivity contribution is 8.01. The molecule has 0 bridgehead atoms. The van der Waals surface area contributed by atoms with Gasteiger partial charge in [0.2, 0.25) is 0 Å². The topological polar surface area (TPSA) is 85.5 Å². The Morgan fingerprint density at radius 1 is 1.18 bits per heavy atom. The van der Waals surface area contributed by atoms with E-state index in [1.165, 1.54) is 16.7 Å². The molecule has 0 spiro atoms. The molecular weight excluding hydrogens is 374 g/mol. The number of unbranched alkanes of at least 4 members (excludes halogenated alkanes) is 1. The van der Waals surface area contributed by atoms with E-state index in [0.717, 1.165) is 35.5 Å². The number of aryl methyl sites for hydroxylation is 1. The molecule has 1 saturated heterocycles. The first-order valence-corrected chi connectivity index (χ1v) is 10.1. The van der Waals surface area contributed by atoms with E-state index >= 15 is 0 Å². The van der Waals surface area contributed by atoms with E-state index in [2.05, 4.69) is 6.92 Å². The first kappa shape index (κ1) is 18.6. The minimum absolute atomic E-state index is 0.287. The standard InChI is InChI=1S/C21H21N3O3S/c1-3-4-5-12-6-11-15-17(22)16-18(28-19(15)23-12)21(26)24(20(16)25)13-7-9-14(27-2)10-8-13/h6-11,18H,3-5,22H2,1-2H3/t18-/m1/s1. The quantitative estimate of drug-likeness (QED) is 0.783. The number of nitrogens with two attached hydrogens (primary N) is 1. The molecule has 0 saturated carbocycles. The summed E-state index contributed by atoms with van der Waals surface area (Å²) in [6.45, 7) is 2.14. The van der Waals surface area contributed by atoms with Crippen molar-refractivity contribution >= 4 is 35.0 Å². The lowest BCUT2D eigenvalue weighted by Gasteiger charge is -2.20. The Balaban J connectivity index is 1.70. The van der Waals surface area contributed by atoms with E-state index < -0.39 is 5.25 Å². The van der Waals surface area contributed by atoms with Crippen molar-refractivity contribution in [2.45, 2.75) is 36.5 Å². The maximum Gasteiger partial charge on any atom is 0.264 e. The van der Waals surface area contributed by atoms with Crippen LogP contribution in [0.3, 0.4) is 0 Å². The van der Waals surface area contributed by atoms with Crippen molar-refractivity contribution < 1.29 is 14.3 Å². The van der Waals surface area contributed by atoms with E-state index in [1.54, 1.807) is 31.4 Å².